The van der Waals surface area contributed by atoms with Gasteiger partial charge in [-0.3, -0.25) is 0 Å². The third-order valence-electron chi connectivity index (χ3n) is 12.1. The molecule has 294 valence electrons. The van der Waals surface area contributed by atoms with Crippen LogP contribution in [-0.2, 0) is 38.9 Å². The highest BCUT2D eigenvalue weighted by Gasteiger charge is 2.50. The summed E-state index contributed by atoms with van der Waals surface area (Å²) in [5.74, 6) is 0. The Morgan fingerprint density at radius 2 is 0.691 bits per heavy atom. The van der Waals surface area contributed by atoms with Crippen LogP contribution in [0.4, 0.5) is 0 Å². The second kappa shape index (κ2) is 14.5. The van der Waals surface area contributed by atoms with E-state index in [2.05, 4.69) is 228 Å². The molecule has 1 aliphatic rings. The fraction of sp³-hybridized carbons (Fsp3) is 0.481. The molecule has 1 unspecified atom stereocenters. The minimum absolute atomic E-state index is 0.0158. The molecule has 0 heterocycles. The summed E-state index contributed by atoms with van der Waals surface area (Å²) in [6.07, 6.45) is 8.40. The van der Waals surface area contributed by atoms with Crippen molar-refractivity contribution in [3.63, 3.8) is 0 Å². The Bertz CT molecular complexity index is 1780. The lowest BCUT2D eigenvalue weighted by Gasteiger charge is -2.43. The third kappa shape index (κ3) is 9.09. The highest BCUT2D eigenvalue weighted by atomic mass is 28.3. The van der Waals surface area contributed by atoms with Crippen LogP contribution in [0.25, 0.3) is 0 Å². The van der Waals surface area contributed by atoms with Crippen molar-refractivity contribution in [1.29, 1.82) is 0 Å². The number of hydrogen-bond acceptors (Lipinski definition) is 0. The first-order valence-corrected chi connectivity index (χ1v) is 23.0. The SMILES string of the molecule is CC(C)(C)c1cc(C(C)(C)C)cc([Si](c2cc(C(C)(C)C)cc(C(C)(C)C)c2)(c2cc(C(C)(C)C)cc(C(C)(C)C)c2)C2C=CC=C2Cc2ccccc2)c1. The van der Waals surface area contributed by atoms with E-state index in [0.29, 0.717) is 0 Å². The van der Waals surface area contributed by atoms with Gasteiger partial charge in [-0.1, -0.05) is 233 Å². The molecule has 0 saturated heterocycles. The smallest absolute Gasteiger partial charge is 0.0790 e. The van der Waals surface area contributed by atoms with E-state index in [9.17, 15) is 0 Å². The summed E-state index contributed by atoms with van der Waals surface area (Å²) in [6, 6.07) is 34.7. The quantitative estimate of drug-likeness (QED) is 0.136. The maximum Gasteiger partial charge on any atom is 0.159 e. The van der Waals surface area contributed by atoms with Gasteiger partial charge in [0.1, 0.15) is 0 Å². The summed E-state index contributed by atoms with van der Waals surface area (Å²) >= 11 is 0. The first kappa shape index (κ1) is 42.7. The van der Waals surface area contributed by atoms with Crippen molar-refractivity contribution < 1.29 is 0 Å². The van der Waals surface area contributed by atoms with E-state index >= 15 is 0 Å². The molecule has 0 bridgehead atoms. The van der Waals surface area contributed by atoms with Crippen molar-refractivity contribution in [2.75, 3.05) is 0 Å². The zero-order chi connectivity index (χ0) is 41.2. The molecule has 4 aromatic rings. The van der Waals surface area contributed by atoms with E-state index in [1.165, 1.54) is 60.1 Å². The van der Waals surface area contributed by atoms with Crippen LogP contribution in [0.5, 0.6) is 0 Å². The molecule has 0 radical (unpaired) electrons. The monoisotopic (exact) mass is 751 g/mol. The molecular weight excluding hydrogens is 677 g/mol. The van der Waals surface area contributed by atoms with Crippen LogP contribution in [0, 0.1) is 0 Å². The van der Waals surface area contributed by atoms with Crippen LogP contribution in [0.1, 0.15) is 164 Å². The fourth-order valence-corrected chi connectivity index (χ4v) is 13.7. The van der Waals surface area contributed by atoms with Crippen molar-refractivity contribution in [3.8, 4) is 0 Å². The second-order valence-electron chi connectivity index (χ2n) is 23.0. The lowest BCUT2D eigenvalue weighted by Crippen LogP contribution is -2.70. The molecule has 0 aromatic heterocycles. The van der Waals surface area contributed by atoms with E-state index in [1.54, 1.807) is 0 Å². The summed E-state index contributed by atoms with van der Waals surface area (Å²) in [5.41, 5.74) is 11.6. The molecule has 0 N–H and O–H groups in total. The van der Waals surface area contributed by atoms with E-state index < -0.39 is 8.07 Å². The molecule has 1 atom stereocenters. The van der Waals surface area contributed by atoms with Crippen molar-refractivity contribution in [2.45, 2.75) is 169 Å². The van der Waals surface area contributed by atoms with Gasteiger partial charge in [0.05, 0.1) is 0 Å². The van der Waals surface area contributed by atoms with Crippen molar-refractivity contribution in [1.82, 2.24) is 0 Å². The first-order valence-electron chi connectivity index (χ1n) is 20.9. The molecule has 0 aliphatic heterocycles. The lowest BCUT2D eigenvalue weighted by atomic mass is 9.80. The Balaban J connectivity index is 2.12. The van der Waals surface area contributed by atoms with E-state index in [1.807, 2.05) is 0 Å². The average molecular weight is 751 g/mol. The van der Waals surface area contributed by atoms with Crippen LogP contribution in [0.2, 0.25) is 5.54 Å². The molecule has 5 rings (SSSR count). The summed E-state index contributed by atoms with van der Waals surface area (Å²) in [7, 11) is -3.02. The molecule has 55 heavy (non-hydrogen) atoms. The molecule has 0 spiro atoms. The van der Waals surface area contributed by atoms with Crippen LogP contribution >= 0.6 is 0 Å². The zero-order valence-electron chi connectivity index (χ0n) is 38.1. The molecular formula is C54H74Si. The summed E-state index contributed by atoms with van der Waals surface area (Å²) in [5, 5.41) is 4.58. The normalized spacial score (nSPS) is 16.1. The maximum atomic E-state index is 2.66. The minimum Gasteiger partial charge on any atom is -0.0790 e. The first-order chi connectivity index (χ1) is 25.0. The molecule has 0 fully saturated rings. The van der Waals surface area contributed by atoms with Gasteiger partial charge in [0.2, 0.25) is 0 Å². The number of hydrogen-bond donors (Lipinski definition) is 0. The van der Waals surface area contributed by atoms with E-state index in [0.717, 1.165) is 6.42 Å². The predicted molar refractivity (Wildman–Crippen MR) is 247 cm³/mol. The zero-order valence-corrected chi connectivity index (χ0v) is 39.1. The fourth-order valence-electron chi connectivity index (χ4n) is 8.14. The number of allylic oxidation sites excluding steroid dienone is 4. The Morgan fingerprint density at radius 3 is 0.964 bits per heavy atom. The van der Waals surface area contributed by atoms with Crippen molar-refractivity contribution in [3.05, 3.63) is 148 Å². The van der Waals surface area contributed by atoms with Gasteiger partial charge in [0, 0.05) is 5.54 Å². The molecule has 1 heteroatoms. The van der Waals surface area contributed by atoms with Gasteiger partial charge in [-0.15, -0.1) is 0 Å². The van der Waals surface area contributed by atoms with Crippen LogP contribution in [0.15, 0.2) is 109 Å². The minimum atomic E-state index is -3.02. The van der Waals surface area contributed by atoms with Gasteiger partial charge in [-0.25, -0.2) is 0 Å². The van der Waals surface area contributed by atoms with Gasteiger partial charge in [-0.2, -0.15) is 0 Å². The van der Waals surface area contributed by atoms with Gasteiger partial charge in [0.15, 0.2) is 8.07 Å². The molecule has 0 amide bonds. The van der Waals surface area contributed by atoms with Crippen molar-refractivity contribution >= 4 is 23.6 Å². The van der Waals surface area contributed by atoms with Gasteiger partial charge in [0.25, 0.3) is 0 Å². The highest BCUT2D eigenvalue weighted by molar-refractivity contribution is 7.13. The molecule has 0 nitrogen and oxygen atoms in total. The van der Waals surface area contributed by atoms with Gasteiger partial charge < -0.3 is 0 Å². The highest BCUT2D eigenvalue weighted by Crippen LogP contribution is 2.41. The lowest BCUT2D eigenvalue weighted by molar-refractivity contribution is 0.569. The Hall–Kier alpha value is -3.42. The topological polar surface area (TPSA) is 0 Å². The van der Waals surface area contributed by atoms with Gasteiger partial charge in [-0.05, 0) is 93.4 Å². The summed E-state index contributed by atoms with van der Waals surface area (Å²) < 4.78 is 0. The Kier molecular flexibility index (Phi) is 11.3. The third-order valence-corrected chi connectivity index (χ3v) is 17.2. The second-order valence-corrected chi connectivity index (χ2v) is 26.9. The van der Waals surface area contributed by atoms with Crippen LogP contribution in [-0.4, -0.2) is 8.07 Å². The number of rotatable bonds is 6. The maximum absolute atomic E-state index is 3.02. The van der Waals surface area contributed by atoms with Crippen LogP contribution in [0.3, 0.4) is 0 Å². The van der Waals surface area contributed by atoms with E-state index in [-0.39, 0.29) is 38.0 Å². The molecule has 4 aromatic carbocycles. The average Bonchev–Trinajstić information content (AvgIpc) is 3.51. The van der Waals surface area contributed by atoms with Crippen LogP contribution < -0.4 is 15.6 Å². The summed E-state index contributed by atoms with van der Waals surface area (Å²) in [6.45, 7) is 43.1. The van der Waals surface area contributed by atoms with Gasteiger partial charge >= 0.3 is 0 Å². The molecule has 0 saturated carbocycles. The predicted octanol–water partition coefficient (Wildman–Crippen LogP) is 13.1. The van der Waals surface area contributed by atoms with E-state index in [4.69, 9.17) is 0 Å². The largest absolute Gasteiger partial charge is 0.159 e. The Morgan fingerprint density at radius 1 is 0.400 bits per heavy atom. The standard InChI is InChI=1S/C54H74Si/c1-49(2,3)39-28-40(50(4,5)6)32-45(31-39)55(48-26-22-25-38(48)27-37-23-20-19-21-24-37,46-33-41(51(7,8)9)29-42(34-46)52(10,11)12)47-35-43(53(13,14)15)30-44(36-47)54(16,17)18/h19-26,28-36,48H,27H2,1-18H3. The summed E-state index contributed by atoms with van der Waals surface area (Å²) in [4.78, 5) is 0. The Labute approximate surface area is 339 Å². The van der Waals surface area contributed by atoms with Crippen molar-refractivity contribution in [2.24, 2.45) is 0 Å². The molecule has 1 aliphatic carbocycles. The number of benzene rings is 4.